The van der Waals surface area contributed by atoms with E-state index in [1.165, 1.54) is 6.26 Å². The van der Waals surface area contributed by atoms with Crippen LogP contribution in [0.5, 0.6) is 5.75 Å². The van der Waals surface area contributed by atoms with Crippen LogP contribution >= 0.6 is 11.6 Å². The fourth-order valence-electron chi connectivity index (χ4n) is 2.52. The first-order valence-corrected chi connectivity index (χ1v) is 8.29. The van der Waals surface area contributed by atoms with Crippen molar-refractivity contribution in [3.63, 3.8) is 0 Å². The monoisotopic (exact) mass is 372 g/mol. The number of hydrazine groups is 1. The van der Waals surface area contributed by atoms with E-state index in [1.807, 2.05) is 6.07 Å². The summed E-state index contributed by atoms with van der Waals surface area (Å²) in [5.74, 6) is 0.0211. The van der Waals surface area contributed by atoms with Crippen LogP contribution in [0.2, 0.25) is 5.02 Å². The summed E-state index contributed by atoms with van der Waals surface area (Å²) in [6, 6.07) is 12.3. The van der Waals surface area contributed by atoms with Crippen LogP contribution < -0.4 is 15.6 Å². The summed E-state index contributed by atoms with van der Waals surface area (Å²) in [4.78, 5) is 24.0. The number of methoxy groups -OCH3 is 1. The summed E-state index contributed by atoms with van der Waals surface area (Å²) in [5, 5.41) is 1.43. The van der Waals surface area contributed by atoms with Gasteiger partial charge in [0, 0.05) is 22.0 Å². The zero-order valence-corrected chi connectivity index (χ0v) is 14.8. The highest BCUT2D eigenvalue weighted by Gasteiger charge is 2.12. The molecule has 2 aromatic carbocycles. The lowest BCUT2D eigenvalue weighted by molar-refractivity contribution is -0.128. The Morgan fingerprint density at radius 3 is 2.42 bits per heavy atom. The molecule has 7 heteroatoms. The van der Waals surface area contributed by atoms with Crippen molar-refractivity contribution >= 4 is 34.4 Å². The molecule has 2 amide bonds. The van der Waals surface area contributed by atoms with Gasteiger partial charge in [-0.25, -0.2) is 0 Å². The molecule has 2 N–H and O–H groups in total. The Morgan fingerprint density at radius 1 is 1.04 bits per heavy atom. The first-order valence-electron chi connectivity index (χ1n) is 7.91. The molecule has 0 spiro atoms. The molecule has 0 aliphatic carbocycles. The molecule has 0 aliphatic heterocycles. The Labute approximate surface area is 155 Å². The number of benzene rings is 2. The Hall–Kier alpha value is -2.99. The third kappa shape index (κ3) is 4.34. The smallest absolute Gasteiger partial charge is 0.242 e. The fourth-order valence-corrected chi connectivity index (χ4v) is 2.64. The van der Waals surface area contributed by atoms with E-state index in [0.717, 1.165) is 16.5 Å². The van der Waals surface area contributed by atoms with Gasteiger partial charge >= 0.3 is 0 Å². The predicted octanol–water partition coefficient (Wildman–Crippen LogP) is 3.03. The summed E-state index contributed by atoms with van der Waals surface area (Å²) in [6.07, 6.45) is 1.76. The Balaban J connectivity index is 1.54. The summed E-state index contributed by atoms with van der Waals surface area (Å²) in [5.41, 5.74) is 6.98. The van der Waals surface area contributed by atoms with E-state index < -0.39 is 0 Å². The van der Waals surface area contributed by atoms with E-state index in [-0.39, 0.29) is 24.7 Å². The molecule has 1 aromatic heterocycles. The largest absolute Gasteiger partial charge is 0.497 e. The van der Waals surface area contributed by atoms with Gasteiger partial charge in [0.15, 0.2) is 0 Å². The second kappa shape index (κ2) is 7.93. The average molecular weight is 373 g/mol. The van der Waals surface area contributed by atoms with E-state index in [9.17, 15) is 9.59 Å². The minimum Gasteiger partial charge on any atom is -0.497 e. The molecular weight excluding hydrogens is 356 g/mol. The lowest BCUT2D eigenvalue weighted by Gasteiger charge is -2.07. The second-order valence-electron chi connectivity index (χ2n) is 5.70. The number of amides is 2. The number of hydrogen-bond acceptors (Lipinski definition) is 4. The highest BCUT2D eigenvalue weighted by atomic mass is 35.5. The fraction of sp³-hybridized carbons (Fsp3) is 0.158. The van der Waals surface area contributed by atoms with Crippen LogP contribution in [0.15, 0.2) is 53.1 Å². The van der Waals surface area contributed by atoms with Gasteiger partial charge in [-0.05, 0) is 29.8 Å². The second-order valence-corrected chi connectivity index (χ2v) is 6.14. The van der Waals surface area contributed by atoms with Crippen molar-refractivity contribution < 1.29 is 18.7 Å². The van der Waals surface area contributed by atoms with Gasteiger partial charge in [0.05, 0.1) is 26.2 Å². The first kappa shape index (κ1) is 17.8. The van der Waals surface area contributed by atoms with Crippen LogP contribution in [-0.4, -0.2) is 18.9 Å². The molecule has 0 fully saturated rings. The van der Waals surface area contributed by atoms with Gasteiger partial charge in [-0.2, -0.15) is 0 Å². The molecule has 0 radical (unpaired) electrons. The van der Waals surface area contributed by atoms with E-state index in [4.69, 9.17) is 20.8 Å². The van der Waals surface area contributed by atoms with E-state index in [1.54, 1.807) is 43.5 Å². The van der Waals surface area contributed by atoms with Crippen LogP contribution in [0.1, 0.15) is 11.1 Å². The summed E-state index contributed by atoms with van der Waals surface area (Å²) in [6.45, 7) is 0. The van der Waals surface area contributed by atoms with Gasteiger partial charge < -0.3 is 9.15 Å². The highest BCUT2D eigenvalue weighted by molar-refractivity contribution is 6.30. The highest BCUT2D eigenvalue weighted by Crippen LogP contribution is 2.25. The van der Waals surface area contributed by atoms with Crippen molar-refractivity contribution in [1.82, 2.24) is 10.9 Å². The van der Waals surface area contributed by atoms with Crippen molar-refractivity contribution in [2.45, 2.75) is 12.8 Å². The molecule has 134 valence electrons. The normalized spacial score (nSPS) is 10.5. The summed E-state index contributed by atoms with van der Waals surface area (Å²) < 4.78 is 10.6. The summed E-state index contributed by atoms with van der Waals surface area (Å²) >= 11 is 5.80. The zero-order chi connectivity index (χ0) is 18.5. The maximum Gasteiger partial charge on any atom is 0.242 e. The zero-order valence-electron chi connectivity index (χ0n) is 14.0. The number of furan rings is 1. The van der Waals surface area contributed by atoms with Crippen molar-refractivity contribution in [2.24, 2.45) is 0 Å². The molecule has 3 aromatic rings. The number of hydrogen-bond donors (Lipinski definition) is 2. The standard InChI is InChI=1S/C19H17ClN2O4/c1-25-15-6-7-16-13(11-26-17(16)10-15)9-19(24)22-21-18(23)8-12-2-4-14(20)5-3-12/h2-7,10-11H,8-9H2,1H3,(H,21,23)(H,22,24). The van der Waals surface area contributed by atoms with Gasteiger partial charge in [0.2, 0.25) is 11.8 Å². The molecule has 0 saturated heterocycles. The maximum atomic E-state index is 12.1. The minimum absolute atomic E-state index is 0.0839. The number of fused-ring (bicyclic) bond motifs is 1. The minimum atomic E-state index is -0.340. The van der Waals surface area contributed by atoms with Crippen LogP contribution in [0.25, 0.3) is 11.0 Å². The average Bonchev–Trinajstić information content (AvgIpc) is 3.04. The first-order chi connectivity index (χ1) is 12.5. The number of nitrogens with one attached hydrogen (secondary N) is 2. The number of ether oxygens (including phenoxy) is 1. The van der Waals surface area contributed by atoms with Crippen LogP contribution in [0.4, 0.5) is 0 Å². The number of carbonyl (C=O) groups is 2. The molecule has 3 rings (SSSR count). The van der Waals surface area contributed by atoms with Crippen LogP contribution in [0.3, 0.4) is 0 Å². The maximum absolute atomic E-state index is 12.1. The Bertz CT molecular complexity index is 934. The van der Waals surface area contributed by atoms with Gasteiger partial charge in [-0.3, -0.25) is 20.4 Å². The van der Waals surface area contributed by atoms with Crippen molar-refractivity contribution in [3.05, 3.63) is 64.9 Å². The van der Waals surface area contributed by atoms with Crippen molar-refractivity contribution in [3.8, 4) is 5.75 Å². The topological polar surface area (TPSA) is 80.6 Å². The molecule has 26 heavy (non-hydrogen) atoms. The van der Waals surface area contributed by atoms with Crippen LogP contribution in [-0.2, 0) is 22.4 Å². The predicted molar refractivity (Wildman–Crippen MR) is 97.9 cm³/mol. The van der Waals surface area contributed by atoms with Gasteiger partial charge in [-0.15, -0.1) is 0 Å². The van der Waals surface area contributed by atoms with E-state index in [0.29, 0.717) is 16.4 Å². The van der Waals surface area contributed by atoms with E-state index >= 15 is 0 Å². The molecule has 6 nitrogen and oxygen atoms in total. The molecule has 0 bridgehead atoms. The van der Waals surface area contributed by atoms with Gasteiger partial charge in [-0.1, -0.05) is 23.7 Å². The molecule has 0 atom stereocenters. The third-order valence-electron chi connectivity index (χ3n) is 3.83. The molecule has 0 saturated carbocycles. The van der Waals surface area contributed by atoms with E-state index in [2.05, 4.69) is 10.9 Å². The van der Waals surface area contributed by atoms with Crippen molar-refractivity contribution in [2.75, 3.05) is 7.11 Å². The number of carbonyl (C=O) groups excluding carboxylic acids is 2. The third-order valence-corrected chi connectivity index (χ3v) is 4.09. The van der Waals surface area contributed by atoms with Crippen molar-refractivity contribution in [1.29, 1.82) is 0 Å². The van der Waals surface area contributed by atoms with Gasteiger partial charge in [0.1, 0.15) is 11.3 Å². The molecule has 0 unspecified atom stereocenters. The molecule has 0 aliphatic rings. The number of rotatable bonds is 5. The SMILES string of the molecule is COc1ccc2c(CC(=O)NNC(=O)Cc3ccc(Cl)cc3)coc2c1. The summed E-state index contributed by atoms with van der Waals surface area (Å²) in [7, 11) is 1.57. The van der Waals surface area contributed by atoms with Gasteiger partial charge in [0.25, 0.3) is 0 Å². The van der Waals surface area contributed by atoms with Crippen LogP contribution in [0, 0.1) is 0 Å². The quantitative estimate of drug-likeness (QED) is 0.674. The lowest BCUT2D eigenvalue weighted by atomic mass is 10.1. The molecular formula is C19H17ClN2O4. The Morgan fingerprint density at radius 2 is 1.73 bits per heavy atom. The Kier molecular flexibility index (Phi) is 5.43. The number of halogens is 1. The molecule has 1 heterocycles. The lowest BCUT2D eigenvalue weighted by Crippen LogP contribution is -2.43.